The Morgan fingerprint density at radius 2 is 2.10 bits per heavy atom. The van der Waals surface area contributed by atoms with Gasteiger partial charge in [-0.25, -0.2) is 9.78 Å². The number of aromatic nitrogens is 1. The molecule has 4 nitrogen and oxygen atoms in total. The van der Waals surface area contributed by atoms with Crippen molar-refractivity contribution in [2.24, 2.45) is 0 Å². The lowest BCUT2D eigenvalue weighted by Gasteiger charge is -2.07. The van der Waals surface area contributed by atoms with Gasteiger partial charge in [0.1, 0.15) is 5.75 Å². The molecule has 0 atom stereocenters. The topological polar surface area (TPSA) is 48.4 Å². The zero-order valence-corrected chi connectivity index (χ0v) is 12.8. The monoisotopic (exact) mass is 335 g/mol. The SMILES string of the molecule is CCOC(=O)c1ccc(Oc2ccc(Br)c(C)c2)nc1. The summed E-state index contributed by atoms with van der Waals surface area (Å²) in [6.07, 6.45) is 1.44. The Bertz CT molecular complexity index is 611. The first-order chi connectivity index (χ1) is 9.60. The number of hydrogen-bond donors (Lipinski definition) is 0. The Morgan fingerprint density at radius 1 is 1.30 bits per heavy atom. The second kappa shape index (κ2) is 6.52. The number of hydrogen-bond acceptors (Lipinski definition) is 4. The van der Waals surface area contributed by atoms with Gasteiger partial charge in [-0.05, 0) is 43.7 Å². The van der Waals surface area contributed by atoms with Crippen LogP contribution in [0.1, 0.15) is 22.8 Å². The van der Waals surface area contributed by atoms with E-state index in [1.807, 2.05) is 25.1 Å². The van der Waals surface area contributed by atoms with Gasteiger partial charge in [-0.2, -0.15) is 0 Å². The molecule has 1 aromatic heterocycles. The molecule has 2 rings (SSSR count). The van der Waals surface area contributed by atoms with E-state index in [0.717, 1.165) is 10.0 Å². The maximum Gasteiger partial charge on any atom is 0.339 e. The van der Waals surface area contributed by atoms with Crippen molar-refractivity contribution in [2.75, 3.05) is 6.61 Å². The number of esters is 1. The predicted octanol–water partition coefficient (Wildman–Crippen LogP) is 4.12. The van der Waals surface area contributed by atoms with E-state index >= 15 is 0 Å². The number of ether oxygens (including phenoxy) is 2. The fourth-order valence-electron chi connectivity index (χ4n) is 1.58. The van der Waals surface area contributed by atoms with Crippen molar-refractivity contribution in [3.63, 3.8) is 0 Å². The number of carbonyl (C=O) groups is 1. The maximum absolute atomic E-state index is 11.5. The minimum Gasteiger partial charge on any atom is -0.462 e. The molecule has 0 bridgehead atoms. The van der Waals surface area contributed by atoms with Crippen molar-refractivity contribution >= 4 is 21.9 Å². The summed E-state index contributed by atoms with van der Waals surface area (Å²) < 4.78 is 11.5. The second-order valence-corrected chi connectivity index (χ2v) is 4.97. The second-order valence-electron chi connectivity index (χ2n) is 4.12. The van der Waals surface area contributed by atoms with Crippen LogP contribution < -0.4 is 4.74 Å². The Labute approximate surface area is 125 Å². The summed E-state index contributed by atoms with van der Waals surface area (Å²) in [5, 5.41) is 0. The van der Waals surface area contributed by atoms with Crippen LogP contribution in [-0.4, -0.2) is 17.6 Å². The largest absolute Gasteiger partial charge is 0.462 e. The summed E-state index contributed by atoms with van der Waals surface area (Å²) in [5.74, 6) is 0.743. The van der Waals surface area contributed by atoms with E-state index in [0.29, 0.717) is 23.8 Å². The minimum atomic E-state index is -0.383. The standard InChI is InChI=1S/C15H14BrNO3/c1-3-19-15(18)11-4-7-14(17-9-11)20-12-5-6-13(16)10(2)8-12/h4-9H,3H2,1-2H3. The molecule has 0 aliphatic carbocycles. The molecule has 104 valence electrons. The van der Waals surface area contributed by atoms with Gasteiger partial charge in [-0.3, -0.25) is 0 Å². The van der Waals surface area contributed by atoms with Crippen LogP contribution in [0.15, 0.2) is 41.0 Å². The highest BCUT2D eigenvalue weighted by atomic mass is 79.9. The maximum atomic E-state index is 11.5. The van der Waals surface area contributed by atoms with E-state index in [9.17, 15) is 4.79 Å². The number of benzene rings is 1. The fraction of sp³-hybridized carbons (Fsp3) is 0.200. The van der Waals surface area contributed by atoms with Gasteiger partial charge in [0.05, 0.1) is 12.2 Å². The van der Waals surface area contributed by atoms with Gasteiger partial charge in [-0.15, -0.1) is 0 Å². The highest BCUT2D eigenvalue weighted by Gasteiger charge is 2.07. The smallest absolute Gasteiger partial charge is 0.339 e. The Kier molecular flexibility index (Phi) is 4.74. The average molecular weight is 336 g/mol. The van der Waals surface area contributed by atoms with Gasteiger partial charge in [-0.1, -0.05) is 15.9 Å². The molecule has 0 amide bonds. The van der Waals surface area contributed by atoms with Gasteiger partial charge in [0.15, 0.2) is 0 Å². The van der Waals surface area contributed by atoms with Crippen molar-refractivity contribution < 1.29 is 14.3 Å². The molecule has 0 aliphatic rings. The first-order valence-corrected chi connectivity index (χ1v) is 6.96. The Morgan fingerprint density at radius 3 is 2.70 bits per heavy atom. The third kappa shape index (κ3) is 3.57. The first-order valence-electron chi connectivity index (χ1n) is 6.17. The molecule has 20 heavy (non-hydrogen) atoms. The fourth-order valence-corrected chi connectivity index (χ4v) is 1.82. The van der Waals surface area contributed by atoms with Crippen LogP contribution in [0.25, 0.3) is 0 Å². The summed E-state index contributed by atoms with van der Waals surface area (Å²) >= 11 is 3.43. The molecule has 1 aromatic carbocycles. The van der Waals surface area contributed by atoms with Gasteiger partial charge >= 0.3 is 5.97 Å². The van der Waals surface area contributed by atoms with Crippen LogP contribution >= 0.6 is 15.9 Å². The van der Waals surface area contributed by atoms with Crippen molar-refractivity contribution in [2.45, 2.75) is 13.8 Å². The lowest BCUT2D eigenvalue weighted by atomic mass is 10.2. The van der Waals surface area contributed by atoms with Crippen LogP contribution in [0, 0.1) is 6.92 Å². The molecule has 0 N–H and O–H groups in total. The zero-order chi connectivity index (χ0) is 14.5. The lowest BCUT2D eigenvalue weighted by Crippen LogP contribution is -2.04. The number of rotatable bonds is 4. The molecule has 0 saturated carbocycles. The van der Waals surface area contributed by atoms with Crippen LogP contribution in [0.3, 0.4) is 0 Å². The molecule has 5 heteroatoms. The van der Waals surface area contributed by atoms with Gasteiger partial charge in [0, 0.05) is 16.7 Å². The number of halogens is 1. The summed E-state index contributed by atoms with van der Waals surface area (Å²) in [7, 11) is 0. The quantitative estimate of drug-likeness (QED) is 0.788. The third-order valence-corrected chi connectivity index (χ3v) is 3.49. The summed E-state index contributed by atoms with van der Waals surface area (Å²) in [5.41, 5.74) is 1.48. The number of pyridine rings is 1. The van der Waals surface area contributed by atoms with Crippen LogP contribution in [-0.2, 0) is 4.74 Å². The van der Waals surface area contributed by atoms with Gasteiger partial charge in [0.25, 0.3) is 0 Å². The van der Waals surface area contributed by atoms with Crippen LogP contribution in [0.5, 0.6) is 11.6 Å². The van der Waals surface area contributed by atoms with E-state index in [1.54, 1.807) is 19.1 Å². The van der Waals surface area contributed by atoms with Crippen molar-refractivity contribution in [1.29, 1.82) is 0 Å². The molecule has 0 fully saturated rings. The molecule has 0 radical (unpaired) electrons. The Hall–Kier alpha value is -1.88. The number of carbonyl (C=O) groups excluding carboxylic acids is 1. The summed E-state index contributed by atoms with van der Waals surface area (Å²) in [6, 6.07) is 8.94. The van der Waals surface area contributed by atoms with E-state index in [1.165, 1.54) is 6.20 Å². The average Bonchev–Trinajstić information content (AvgIpc) is 2.44. The number of aryl methyl sites for hydroxylation is 1. The highest BCUT2D eigenvalue weighted by molar-refractivity contribution is 9.10. The predicted molar refractivity (Wildman–Crippen MR) is 79.1 cm³/mol. The summed E-state index contributed by atoms with van der Waals surface area (Å²) in [4.78, 5) is 15.6. The van der Waals surface area contributed by atoms with E-state index in [2.05, 4.69) is 20.9 Å². The normalized spacial score (nSPS) is 10.2. The van der Waals surface area contributed by atoms with E-state index in [-0.39, 0.29) is 5.97 Å². The van der Waals surface area contributed by atoms with Crippen LogP contribution in [0.2, 0.25) is 0 Å². The lowest BCUT2D eigenvalue weighted by molar-refractivity contribution is 0.0526. The molecule has 0 unspecified atom stereocenters. The van der Waals surface area contributed by atoms with E-state index in [4.69, 9.17) is 9.47 Å². The third-order valence-electron chi connectivity index (χ3n) is 2.60. The molecule has 1 heterocycles. The van der Waals surface area contributed by atoms with Crippen molar-refractivity contribution in [3.05, 3.63) is 52.1 Å². The molecular weight excluding hydrogens is 322 g/mol. The van der Waals surface area contributed by atoms with Crippen LogP contribution in [0.4, 0.5) is 0 Å². The minimum absolute atomic E-state index is 0.343. The summed E-state index contributed by atoms with van der Waals surface area (Å²) in [6.45, 7) is 4.09. The molecule has 0 spiro atoms. The van der Waals surface area contributed by atoms with Crippen molar-refractivity contribution in [3.8, 4) is 11.6 Å². The van der Waals surface area contributed by atoms with Crippen molar-refractivity contribution in [1.82, 2.24) is 4.98 Å². The molecule has 0 saturated heterocycles. The highest BCUT2D eigenvalue weighted by Crippen LogP contribution is 2.25. The Balaban J connectivity index is 2.10. The van der Waals surface area contributed by atoms with Gasteiger partial charge < -0.3 is 9.47 Å². The molecule has 0 aliphatic heterocycles. The van der Waals surface area contributed by atoms with Gasteiger partial charge in [0.2, 0.25) is 5.88 Å². The zero-order valence-electron chi connectivity index (χ0n) is 11.2. The number of nitrogens with zero attached hydrogens (tertiary/aromatic N) is 1. The molecule has 2 aromatic rings. The van der Waals surface area contributed by atoms with E-state index < -0.39 is 0 Å². The molecular formula is C15H14BrNO3. The first kappa shape index (κ1) is 14.5.